The van der Waals surface area contributed by atoms with Crippen LogP contribution in [0.15, 0.2) is 37.8 Å². The van der Waals surface area contributed by atoms with E-state index in [1.54, 1.807) is 0 Å². The fraction of sp³-hybridized carbons (Fsp3) is 0.250. The van der Waals surface area contributed by atoms with Crippen LogP contribution in [0.1, 0.15) is 0 Å². The van der Waals surface area contributed by atoms with E-state index in [4.69, 9.17) is 0 Å². The van der Waals surface area contributed by atoms with Gasteiger partial charge in [0, 0.05) is 0 Å². The van der Waals surface area contributed by atoms with E-state index in [0.717, 1.165) is 12.2 Å². The normalized spacial score (nSPS) is 12.2. The Kier molecular flexibility index (Phi) is 5.83. The van der Waals surface area contributed by atoms with Crippen molar-refractivity contribution in [3.8, 4) is 0 Å². The summed E-state index contributed by atoms with van der Waals surface area (Å²) in [5.41, 5.74) is 0. The molecule has 16 heavy (non-hydrogen) atoms. The summed E-state index contributed by atoms with van der Waals surface area (Å²) in [6, 6.07) is 0. The van der Waals surface area contributed by atoms with Gasteiger partial charge in [-0.2, -0.15) is 16.8 Å². The second-order valence-corrected chi connectivity index (χ2v) is 5.77. The molecule has 0 rings (SSSR count). The summed E-state index contributed by atoms with van der Waals surface area (Å²) in [5.74, 6) is -0.756. The molecule has 0 amide bonds. The molecule has 0 unspecified atom stereocenters. The molecule has 92 valence electrons. The third kappa shape index (κ3) is 7.07. The highest BCUT2D eigenvalue weighted by Gasteiger charge is 2.07. The standard InChI is InChI=1S/C8H12O6S2/c1-3-7-15(9,10)13-5-6-14-16(11,12)8-4-2/h3-6H,1-2,7-8H2. The van der Waals surface area contributed by atoms with Gasteiger partial charge in [-0.25, -0.2) is 0 Å². The molecule has 0 aromatic carbocycles. The Bertz CT molecular complexity index is 413. The van der Waals surface area contributed by atoms with Gasteiger partial charge in [0.15, 0.2) is 0 Å². The smallest absolute Gasteiger partial charge is 0.312 e. The van der Waals surface area contributed by atoms with Gasteiger partial charge in [-0.05, 0) is 0 Å². The number of rotatable bonds is 8. The summed E-state index contributed by atoms with van der Waals surface area (Å²) in [7, 11) is -7.52. The summed E-state index contributed by atoms with van der Waals surface area (Å²) < 4.78 is 52.2. The number of hydrogen-bond acceptors (Lipinski definition) is 6. The molecule has 8 heteroatoms. The molecule has 6 nitrogen and oxygen atoms in total. The second-order valence-electron chi connectivity index (χ2n) is 2.49. The molecule has 0 spiro atoms. The molecule has 0 saturated heterocycles. The minimum atomic E-state index is -3.76. The lowest BCUT2D eigenvalue weighted by molar-refractivity contribution is 0.404. The summed E-state index contributed by atoms with van der Waals surface area (Å²) in [4.78, 5) is 0. The number of hydrogen-bond donors (Lipinski definition) is 0. The van der Waals surface area contributed by atoms with E-state index in [1.807, 2.05) is 0 Å². The summed E-state index contributed by atoms with van der Waals surface area (Å²) in [5, 5.41) is 0. The van der Waals surface area contributed by atoms with Crippen molar-refractivity contribution in [3.05, 3.63) is 37.8 Å². The largest absolute Gasteiger partial charge is 0.387 e. The molecule has 0 aromatic rings. The fourth-order valence-corrected chi connectivity index (χ4v) is 1.75. The highest BCUT2D eigenvalue weighted by Crippen LogP contribution is 1.98. The van der Waals surface area contributed by atoms with Gasteiger partial charge in [0.25, 0.3) is 0 Å². The SMILES string of the molecule is C=CCS(=O)(=O)OC=COS(=O)(=O)CC=C. The molecule has 0 radical (unpaired) electrons. The zero-order valence-corrected chi connectivity index (χ0v) is 10.0. The van der Waals surface area contributed by atoms with Gasteiger partial charge >= 0.3 is 20.2 Å². The monoisotopic (exact) mass is 268 g/mol. The first-order valence-corrected chi connectivity index (χ1v) is 7.17. The van der Waals surface area contributed by atoms with E-state index in [0.29, 0.717) is 12.5 Å². The molecule has 0 saturated carbocycles. The highest BCUT2D eigenvalue weighted by molar-refractivity contribution is 7.87. The third-order valence-electron chi connectivity index (χ3n) is 1.10. The lowest BCUT2D eigenvalue weighted by Gasteiger charge is -2.00. The summed E-state index contributed by atoms with van der Waals surface area (Å²) in [6.07, 6.45) is 3.52. The average molecular weight is 268 g/mol. The average Bonchev–Trinajstić information content (AvgIpc) is 2.12. The van der Waals surface area contributed by atoms with Crippen LogP contribution in [0.3, 0.4) is 0 Å². The van der Waals surface area contributed by atoms with Gasteiger partial charge in [-0.1, -0.05) is 12.2 Å². The molecule has 0 bridgehead atoms. The van der Waals surface area contributed by atoms with Crippen LogP contribution in [-0.2, 0) is 28.6 Å². The predicted octanol–water partition coefficient (Wildman–Crippen LogP) is 0.522. The van der Waals surface area contributed by atoms with Crippen molar-refractivity contribution in [3.63, 3.8) is 0 Å². The molecule has 0 atom stereocenters. The van der Waals surface area contributed by atoms with Crippen LogP contribution in [0.25, 0.3) is 0 Å². The van der Waals surface area contributed by atoms with Crippen molar-refractivity contribution in [2.75, 3.05) is 11.5 Å². The third-order valence-corrected chi connectivity index (χ3v) is 3.20. The predicted molar refractivity (Wildman–Crippen MR) is 59.3 cm³/mol. The van der Waals surface area contributed by atoms with E-state index in [-0.39, 0.29) is 11.5 Å². The Morgan fingerprint density at radius 3 is 1.38 bits per heavy atom. The van der Waals surface area contributed by atoms with E-state index >= 15 is 0 Å². The van der Waals surface area contributed by atoms with Gasteiger partial charge in [-0.15, -0.1) is 13.2 Å². The molecular formula is C8H12O6S2. The second kappa shape index (κ2) is 6.33. The Morgan fingerprint density at radius 2 is 1.12 bits per heavy atom. The zero-order valence-electron chi connectivity index (χ0n) is 8.40. The Hall–Kier alpha value is -1.28. The lowest BCUT2D eigenvalue weighted by atomic mass is 10.8. The topological polar surface area (TPSA) is 86.7 Å². The Morgan fingerprint density at radius 1 is 0.812 bits per heavy atom. The first-order valence-electron chi connectivity index (χ1n) is 4.02. The molecule has 0 heterocycles. The van der Waals surface area contributed by atoms with Crippen molar-refractivity contribution in [1.29, 1.82) is 0 Å². The minimum absolute atomic E-state index is 0.378. The molecule has 0 aliphatic rings. The molecule has 0 N–H and O–H groups in total. The van der Waals surface area contributed by atoms with Crippen molar-refractivity contribution >= 4 is 20.2 Å². The summed E-state index contributed by atoms with van der Waals surface area (Å²) in [6.45, 7) is 6.43. The van der Waals surface area contributed by atoms with Gasteiger partial charge in [0.1, 0.15) is 24.0 Å². The van der Waals surface area contributed by atoms with Crippen molar-refractivity contribution in [2.45, 2.75) is 0 Å². The molecular weight excluding hydrogens is 256 g/mol. The van der Waals surface area contributed by atoms with Gasteiger partial charge in [0.05, 0.1) is 0 Å². The first-order chi connectivity index (χ1) is 7.33. The molecule has 0 aliphatic carbocycles. The van der Waals surface area contributed by atoms with Gasteiger partial charge < -0.3 is 8.37 Å². The maximum atomic E-state index is 10.9. The quantitative estimate of drug-likeness (QED) is 0.362. The highest BCUT2D eigenvalue weighted by atomic mass is 32.2. The molecule has 0 aromatic heterocycles. The van der Waals surface area contributed by atoms with Crippen LogP contribution in [-0.4, -0.2) is 28.3 Å². The van der Waals surface area contributed by atoms with Crippen molar-refractivity contribution in [1.82, 2.24) is 0 Å². The van der Waals surface area contributed by atoms with Crippen molar-refractivity contribution < 1.29 is 25.2 Å². The summed E-state index contributed by atoms with van der Waals surface area (Å²) >= 11 is 0. The van der Waals surface area contributed by atoms with Gasteiger partial charge in [0.2, 0.25) is 0 Å². The van der Waals surface area contributed by atoms with E-state index in [9.17, 15) is 16.8 Å². The van der Waals surface area contributed by atoms with Crippen molar-refractivity contribution in [2.24, 2.45) is 0 Å². The first kappa shape index (κ1) is 14.7. The molecule has 0 aliphatic heterocycles. The Balaban J connectivity index is 4.24. The van der Waals surface area contributed by atoms with Gasteiger partial charge in [-0.3, -0.25) is 0 Å². The van der Waals surface area contributed by atoms with Crippen LogP contribution in [0.4, 0.5) is 0 Å². The fourth-order valence-electron chi connectivity index (χ4n) is 0.582. The van der Waals surface area contributed by atoms with Crippen LogP contribution in [0.5, 0.6) is 0 Å². The molecule has 0 fully saturated rings. The van der Waals surface area contributed by atoms with Crippen LogP contribution >= 0.6 is 0 Å². The lowest BCUT2D eigenvalue weighted by Crippen LogP contribution is -2.06. The van der Waals surface area contributed by atoms with E-state index < -0.39 is 20.2 Å². The van der Waals surface area contributed by atoms with Crippen LogP contribution < -0.4 is 0 Å². The maximum absolute atomic E-state index is 10.9. The zero-order chi connectivity index (χ0) is 12.7. The van der Waals surface area contributed by atoms with E-state index in [2.05, 4.69) is 21.5 Å². The van der Waals surface area contributed by atoms with Crippen LogP contribution in [0.2, 0.25) is 0 Å². The van der Waals surface area contributed by atoms with E-state index in [1.165, 1.54) is 0 Å². The van der Waals surface area contributed by atoms with Crippen LogP contribution in [0, 0.1) is 0 Å². The Labute approximate surface area is 95.1 Å². The maximum Gasteiger partial charge on any atom is 0.312 e. The minimum Gasteiger partial charge on any atom is -0.387 e.